The summed E-state index contributed by atoms with van der Waals surface area (Å²) in [5.74, 6) is 1.55. The molecule has 1 N–H and O–H groups in total. The number of nitrogens with zero attached hydrogens (tertiary/aromatic N) is 1. The topological polar surface area (TPSA) is 24.5 Å². The molecule has 1 rings (SSSR count). The third-order valence-corrected chi connectivity index (χ3v) is 4.06. The maximum absolute atomic E-state index is 5.93. The lowest BCUT2D eigenvalue weighted by Crippen LogP contribution is -2.51. The Hall–Kier alpha value is -0.120. The average molecular weight is 270 g/mol. The standard InChI is InChI=1S/C16H34N2O/c1-13(2)6-9-18(10-7-14(3)4)15(5)16-12-17-8-11-19-16/h13-17H,6-12H2,1-5H3. The maximum Gasteiger partial charge on any atom is 0.0852 e. The Labute approximate surface area is 120 Å². The summed E-state index contributed by atoms with van der Waals surface area (Å²) in [5, 5.41) is 3.45. The molecule has 0 saturated carbocycles. The highest BCUT2D eigenvalue weighted by atomic mass is 16.5. The second-order valence-electron chi connectivity index (χ2n) is 6.75. The van der Waals surface area contributed by atoms with E-state index in [4.69, 9.17) is 4.74 Å². The lowest BCUT2D eigenvalue weighted by molar-refractivity contribution is -0.0279. The number of ether oxygens (including phenoxy) is 1. The van der Waals surface area contributed by atoms with E-state index in [0.717, 1.165) is 31.5 Å². The summed E-state index contributed by atoms with van der Waals surface area (Å²) in [6.07, 6.45) is 2.92. The van der Waals surface area contributed by atoms with Gasteiger partial charge < -0.3 is 10.1 Å². The molecule has 1 saturated heterocycles. The van der Waals surface area contributed by atoms with E-state index in [9.17, 15) is 0 Å². The van der Waals surface area contributed by atoms with Gasteiger partial charge in [-0.05, 0) is 44.7 Å². The number of hydrogen-bond donors (Lipinski definition) is 1. The molecule has 1 fully saturated rings. The number of morpholine rings is 1. The van der Waals surface area contributed by atoms with Crippen molar-refractivity contribution in [3.05, 3.63) is 0 Å². The monoisotopic (exact) mass is 270 g/mol. The smallest absolute Gasteiger partial charge is 0.0852 e. The van der Waals surface area contributed by atoms with Crippen molar-refractivity contribution in [1.82, 2.24) is 10.2 Å². The van der Waals surface area contributed by atoms with Crippen LogP contribution in [0.25, 0.3) is 0 Å². The van der Waals surface area contributed by atoms with Crippen LogP contribution < -0.4 is 5.32 Å². The number of hydrogen-bond acceptors (Lipinski definition) is 3. The van der Waals surface area contributed by atoms with Crippen molar-refractivity contribution < 1.29 is 4.74 Å². The van der Waals surface area contributed by atoms with E-state index in [2.05, 4.69) is 44.8 Å². The van der Waals surface area contributed by atoms with Crippen LogP contribution in [0.2, 0.25) is 0 Å². The van der Waals surface area contributed by atoms with Gasteiger partial charge in [0.15, 0.2) is 0 Å². The number of rotatable bonds is 8. The van der Waals surface area contributed by atoms with Crippen LogP contribution in [0.15, 0.2) is 0 Å². The second kappa shape index (κ2) is 8.93. The van der Waals surface area contributed by atoms with E-state index in [0.29, 0.717) is 12.1 Å². The van der Waals surface area contributed by atoms with Gasteiger partial charge in [-0.2, -0.15) is 0 Å². The molecule has 0 bridgehead atoms. The van der Waals surface area contributed by atoms with Crippen molar-refractivity contribution >= 4 is 0 Å². The van der Waals surface area contributed by atoms with Crippen molar-refractivity contribution in [2.45, 2.75) is 59.6 Å². The van der Waals surface area contributed by atoms with Gasteiger partial charge in [0.05, 0.1) is 12.7 Å². The second-order valence-corrected chi connectivity index (χ2v) is 6.75. The molecule has 0 aromatic heterocycles. The molecule has 0 aromatic carbocycles. The lowest BCUT2D eigenvalue weighted by atomic mass is 10.0. The van der Waals surface area contributed by atoms with Gasteiger partial charge in [-0.25, -0.2) is 0 Å². The minimum absolute atomic E-state index is 0.355. The molecule has 3 nitrogen and oxygen atoms in total. The van der Waals surface area contributed by atoms with E-state index in [1.165, 1.54) is 25.9 Å². The molecule has 19 heavy (non-hydrogen) atoms. The van der Waals surface area contributed by atoms with Crippen LogP contribution in [-0.2, 0) is 4.74 Å². The Morgan fingerprint density at radius 3 is 2.05 bits per heavy atom. The van der Waals surface area contributed by atoms with Crippen LogP contribution in [-0.4, -0.2) is 49.8 Å². The van der Waals surface area contributed by atoms with Crippen LogP contribution in [0.4, 0.5) is 0 Å². The van der Waals surface area contributed by atoms with Crippen LogP contribution in [0.1, 0.15) is 47.5 Å². The summed E-state index contributed by atoms with van der Waals surface area (Å²) < 4.78 is 5.93. The predicted octanol–water partition coefficient (Wildman–Crippen LogP) is 2.76. The van der Waals surface area contributed by atoms with Gasteiger partial charge in [0.1, 0.15) is 0 Å². The third kappa shape index (κ3) is 6.73. The van der Waals surface area contributed by atoms with Crippen molar-refractivity contribution in [3.8, 4) is 0 Å². The van der Waals surface area contributed by atoms with E-state index in [1.807, 2.05) is 0 Å². The van der Waals surface area contributed by atoms with Gasteiger partial charge in [-0.15, -0.1) is 0 Å². The van der Waals surface area contributed by atoms with Gasteiger partial charge in [0, 0.05) is 19.1 Å². The summed E-state index contributed by atoms with van der Waals surface area (Å²) in [6, 6.07) is 0.519. The minimum Gasteiger partial charge on any atom is -0.374 e. The fourth-order valence-corrected chi connectivity index (χ4v) is 2.50. The van der Waals surface area contributed by atoms with Gasteiger partial charge in [-0.1, -0.05) is 27.7 Å². The Balaban J connectivity index is 2.48. The van der Waals surface area contributed by atoms with Gasteiger partial charge in [0.2, 0.25) is 0 Å². The SMILES string of the molecule is CC(C)CCN(CCC(C)C)C(C)C1CNCCO1. The lowest BCUT2D eigenvalue weighted by Gasteiger charge is -2.37. The molecule has 1 aliphatic rings. The maximum atomic E-state index is 5.93. The molecule has 0 radical (unpaired) electrons. The van der Waals surface area contributed by atoms with Crippen molar-refractivity contribution in [2.24, 2.45) is 11.8 Å². The molecule has 114 valence electrons. The van der Waals surface area contributed by atoms with Gasteiger partial charge in [0.25, 0.3) is 0 Å². The van der Waals surface area contributed by atoms with E-state index < -0.39 is 0 Å². The Morgan fingerprint density at radius 1 is 1.05 bits per heavy atom. The van der Waals surface area contributed by atoms with Crippen molar-refractivity contribution in [3.63, 3.8) is 0 Å². The zero-order valence-electron chi connectivity index (χ0n) is 13.6. The van der Waals surface area contributed by atoms with Crippen LogP contribution in [0.3, 0.4) is 0 Å². The van der Waals surface area contributed by atoms with E-state index in [-0.39, 0.29) is 0 Å². The van der Waals surface area contributed by atoms with Crippen molar-refractivity contribution in [2.75, 3.05) is 32.8 Å². The highest BCUT2D eigenvalue weighted by Gasteiger charge is 2.25. The Bertz CT molecular complexity index is 213. The first-order valence-corrected chi connectivity index (χ1v) is 8.07. The highest BCUT2D eigenvalue weighted by Crippen LogP contribution is 2.14. The van der Waals surface area contributed by atoms with Crippen molar-refractivity contribution in [1.29, 1.82) is 0 Å². The molecule has 0 amide bonds. The largest absolute Gasteiger partial charge is 0.374 e. The van der Waals surface area contributed by atoms with Gasteiger partial charge >= 0.3 is 0 Å². The first-order valence-electron chi connectivity index (χ1n) is 8.07. The molecule has 0 aliphatic carbocycles. The molecule has 2 unspecified atom stereocenters. The summed E-state index contributed by atoms with van der Waals surface area (Å²) in [7, 11) is 0. The summed E-state index contributed by atoms with van der Waals surface area (Å²) in [5.41, 5.74) is 0. The van der Waals surface area contributed by atoms with E-state index >= 15 is 0 Å². The first-order chi connectivity index (χ1) is 9.00. The quantitative estimate of drug-likeness (QED) is 0.734. The summed E-state index contributed by atoms with van der Waals surface area (Å²) in [6.45, 7) is 16.8. The minimum atomic E-state index is 0.355. The summed E-state index contributed by atoms with van der Waals surface area (Å²) >= 11 is 0. The summed E-state index contributed by atoms with van der Waals surface area (Å²) in [4.78, 5) is 2.64. The van der Waals surface area contributed by atoms with Crippen LogP contribution >= 0.6 is 0 Å². The molecule has 3 heteroatoms. The third-order valence-electron chi connectivity index (χ3n) is 4.06. The van der Waals surface area contributed by atoms with Gasteiger partial charge in [-0.3, -0.25) is 4.90 Å². The first kappa shape index (κ1) is 16.9. The van der Waals surface area contributed by atoms with Crippen LogP contribution in [0.5, 0.6) is 0 Å². The number of nitrogens with one attached hydrogen (secondary N) is 1. The average Bonchev–Trinajstić information content (AvgIpc) is 2.38. The fraction of sp³-hybridized carbons (Fsp3) is 1.00. The molecule has 2 atom stereocenters. The van der Waals surface area contributed by atoms with Crippen LogP contribution in [0, 0.1) is 11.8 Å². The molecule has 0 aromatic rings. The Morgan fingerprint density at radius 2 is 1.63 bits per heavy atom. The molecule has 1 aliphatic heterocycles. The predicted molar refractivity (Wildman–Crippen MR) is 82.6 cm³/mol. The molecular formula is C16H34N2O. The molecular weight excluding hydrogens is 236 g/mol. The van der Waals surface area contributed by atoms with E-state index in [1.54, 1.807) is 0 Å². The molecule has 0 spiro atoms. The highest BCUT2D eigenvalue weighted by molar-refractivity contribution is 4.81. The fourth-order valence-electron chi connectivity index (χ4n) is 2.50. The Kier molecular flexibility index (Phi) is 7.96. The zero-order valence-corrected chi connectivity index (χ0v) is 13.6. The molecule has 1 heterocycles. The normalized spacial score (nSPS) is 22.4. The zero-order chi connectivity index (χ0) is 14.3.